The van der Waals surface area contributed by atoms with E-state index in [0.717, 1.165) is 34.0 Å². The number of aromatic nitrogens is 5. The van der Waals surface area contributed by atoms with E-state index in [1.165, 1.54) is 11.8 Å². The number of hydrogen-bond acceptors (Lipinski definition) is 5. The Morgan fingerprint density at radius 3 is 2.45 bits per heavy atom. The maximum absolute atomic E-state index is 13.3. The molecule has 1 unspecified atom stereocenters. The molecule has 3 aromatic heterocycles. The molecule has 1 aromatic carbocycles. The monoisotopic (exact) mass is 405 g/mol. The molecule has 0 saturated heterocycles. The van der Waals surface area contributed by atoms with Gasteiger partial charge in [-0.2, -0.15) is 0 Å². The van der Waals surface area contributed by atoms with E-state index in [1.54, 1.807) is 0 Å². The van der Waals surface area contributed by atoms with Crippen LogP contribution in [0.1, 0.15) is 40.1 Å². The lowest BCUT2D eigenvalue weighted by molar-refractivity contribution is 0.0993. The van der Waals surface area contributed by atoms with E-state index < -0.39 is 0 Å². The summed E-state index contributed by atoms with van der Waals surface area (Å²) < 4.78 is 4.02. The zero-order chi connectivity index (χ0) is 20.7. The lowest BCUT2D eigenvalue weighted by Crippen LogP contribution is -2.15. The predicted octanol–water partition coefficient (Wildman–Crippen LogP) is 4.51. The van der Waals surface area contributed by atoms with Gasteiger partial charge in [0.25, 0.3) is 5.78 Å². The van der Waals surface area contributed by atoms with Gasteiger partial charge in [-0.25, -0.2) is 4.98 Å². The number of thioether (sulfide) groups is 1. The number of aryl methyl sites for hydroxylation is 3. The summed E-state index contributed by atoms with van der Waals surface area (Å²) in [7, 11) is 0. The summed E-state index contributed by atoms with van der Waals surface area (Å²) in [6.07, 6.45) is 0. The molecule has 4 aromatic rings. The van der Waals surface area contributed by atoms with Crippen LogP contribution >= 0.6 is 11.8 Å². The third-order valence-electron chi connectivity index (χ3n) is 5.03. The SMILES string of the molecule is Cc1cc(C)n2c(SC(C)C(=O)c3cc(C)n(-c4ccccc4)c3C)nnc2n1. The number of Topliss-reactive ketones (excluding diaryl/α,β-unsaturated/α-hetero) is 1. The van der Waals surface area contributed by atoms with Crippen LogP contribution in [0.3, 0.4) is 0 Å². The number of para-hydroxylation sites is 1. The molecule has 0 aliphatic rings. The Kier molecular flexibility index (Phi) is 5.00. The van der Waals surface area contributed by atoms with Crippen molar-refractivity contribution in [3.8, 4) is 5.69 Å². The van der Waals surface area contributed by atoms with Gasteiger partial charge in [0.15, 0.2) is 10.9 Å². The third kappa shape index (κ3) is 3.46. The van der Waals surface area contributed by atoms with Crippen molar-refractivity contribution in [2.45, 2.75) is 45.0 Å². The van der Waals surface area contributed by atoms with Gasteiger partial charge in [-0.1, -0.05) is 30.0 Å². The fraction of sp³-hybridized carbons (Fsp3) is 0.273. The summed E-state index contributed by atoms with van der Waals surface area (Å²) in [4.78, 5) is 17.7. The molecule has 0 N–H and O–H groups in total. The van der Waals surface area contributed by atoms with Gasteiger partial charge >= 0.3 is 0 Å². The van der Waals surface area contributed by atoms with Crippen LogP contribution in [0.5, 0.6) is 0 Å². The van der Waals surface area contributed by atoms with Crippen LogP contribution in [0, 0.1) is 27.7 Å². The van der Waals surface area contributed by atoms with Crippen LogP contribution in [0.25, 0.3) is 11.5 Å². The van der Waals surface area contributed by atoms with Gasteiger partial charge in [0.2, 0.25) is 0 Å². The molecule has 7 heteroatoms. The van der Waals surface area contributed by atoms with Crippen molar-refractivity contribution < 1.29 is 4.79 Å². The molecule has 0 spiro atoms. The largest absolute Gasteiger partial charge is 0.318 e. The number of benzene rings is 1. The molecule has 0 fully saturated rings. The van der Waals surface area contributed by atoms with Crippen molar-refractivity contribution in [3.05, 3.63) is 70.8 Å². The molecule has 3 heterocycles. The van der Waals surface area contributed by atoms with Crippen molar-refractivity contribution in [3.63, 3.8) is 0 Å². The van der Waals surface area contributed by atoms with Gasteiger partial charge < -0.3 is 4.57 Å². The lowest BCUT2D eigenvalue weighted by atomic mass is 10.1. The average Bonchev–Trinajstić information content (AvgIpc) is 3.22. The standard InChI is InChI=1S/C22H23N5OS/c1-13-11-14(2)27-21(23-13)24-25-22(27)29-17(5)20(28)19-12-15(3)26(16(19)4)18-9-7-6-8-10-18/h6-12,17H,1-5H3. The van der Waals surface area contributed by atoms with Gasteiger partial charge in [-0.05, 0) is 58.9 Å². The van der Waals surface area contributed by atoms with Crippen molar-refractivity contribution >= 4 is 23.3 Å². The number of carbonyl (C=O) groups is 1. The molecule has 0 radical (unpaired) electrons. The van der Waals surface area contributed by atoms with Crippen LogP contribution in [0.2, 0.25) is 0 Å². The number of fused-ring (bicyclic) bond motifs is 1. The van der Waals surface area contributed by atoms with Gasteiger partial charge in [-0.3, -0.25) is 9.20 Å². The fourth-order valence-corrected chi connectivity index (χ4v) is 4.66. The smallest absolute Gasteiger partial charge is 0.256 e. The first kappa shape index (κ1) is 19.4. The minimum atomic E-state index is -0.298. The quantitative estimate of drug-likeness (QED) is 0.361. The van der Waals surface area contributed by atoms with E-state index in [1.807, 2.05) is 81.5 Å². The Morgan fingerprint density at radius 1 is 1.00 bits per heavy atom. The molecule has 0 aliphatic carbocycles. The molecule has 0 aliphatic heterocycles. The third-order valence-corrected chi connectivity index (χ3v) is 6.07. The molecule has 4 rings (SSSR count). The van der Waals surface area contributed by atoms with E-state index in [9.17, 15) is 4.79 Å². The first-order chi connectivity index (χ1) is 13.9. The summed E-state index contributed by atoms with van der Waals surface area (Å²) in [5, 5.41) is 8.81. The second-order valence-corrected chi connectivity index (χ2v) is 8.54. The zero-order valence-electron chi connectivity index (χ0n) is 17.2. The number of carbonyl (C=O) groups excluding carboxylic acids is 1. The summed E-state index contributed by atoms with van der Waals surface area (Å²) >= 11 is 1.41. The predicted molar refractivity (Wildman–Crippen MR) is 115 cm³/mol. The molecule has 0 amide bonds. The molecular weight excluding hydrogens is 382 g/mol. The van der Waals surface area contributed by atoms with E-state index >= 15 is 0 Å². The zero-order valence-corrected chi connectivity index (χ0v) is 18.0. The van der Waals surface area contributed by atoms with Gasteiger partial charge in [-0.15, -0.1) is 10.2 Å². The average molecular weight is 406 g/mol. The number of ketones is 1. The minimum absolute atomic E-state index is 0.0831. The molecule has 0 saturated carbocycles. The number of hydrogen-bond donors (Lipinski definition) is 0. The molecule has 29 heavy (non-hydrogen) atoms. The first-order valence-electron chi connectivity index (χ1n) is 9.51. The van der Waals surface area contributed by atoms with Gasteiger partial charge in [0.1, 0.15) is 0 Å². The Morgan fingerprint density at radius 2 is 1.72 bits per heavy atom. The van der Waals surface area contributed by atoms with Crippen LogP contribution in [-0.2, 0) is 0 Å². The summed E-state index contributed by atoms with van der Waals surface area (Å²) in [6, 6.07) is 14.0. The maximum atomic E-state index is 13.3. The molecule has 148 valence electrons. The van der Waals surface area contributed by atoms with E-state index in [0.29, 0.717) is 10.9 Å². The second-order valence-electron chi connectivity index (χ2n) is 7.24. The fourth-order valence-electron chi connectivity index (χ4n) is 3.69. The highest BCUT2D eigenvalue weighted by molar-refractivity contribution is 8.00. The Labute approximate surface area is 174 Å². The highest BCUT2D eigenvalue weighted by Gasteiger charge is 2.24. The highest BCUT2D eigenvalue weighted by atomic mass is 32.2. The Bertz CT molecular complexity index is 1210. The molecule has 1 atom stereocenters. The summed E-state index contributed by atoms with van der Waals surface area (Å²) in [5.74, 6) is 0.645. The van der Waals surface area contributed by atoms with Gasteiger partial charge in [0, 0.05) is 34.0 Å². The maximum Gasteiger partial charge on any atom is 0.256 e. The molecule has 6 nitrogen and oxygen atoms in total. The summed E-state index contributed by atoms with van der Waals surface area (Å²) in [6.45, 7) is 9.86. The van der Waals surface area contributed by atoms with Crippen molar-refractivity contribution in [1.29, 1.82) is 0 Å². The van der Waals surface area contributed by atoms with Crippen molar-refractivity contribution in [2.75, 3.05) is 0 Å². The van der Waals surface area contributed by atoms with Crippen LogP contribution in [0.15, 0.2) is 47.6 Å². The van der Waals surface area contributed by atoms with Crippen LogP contribution in [0.4, 0.5) is 0 Å². The number of nitrogens with zero attached hydrogens (tertiary/aromatic N) is 5. The highest BCUT2D eigenvalue weighted by Crippen LogP contribution is 2.28. The topological polar surface area (TPSA) is 65.1 Å². The molecule has 0 bridgehead atoms. The summed E-state index contributed by atoms with van der Waals surface area (Å²) in [5.41, 5.74) is 5.69. The van der Waals surface area contributed by atoms with Crippen molar-refractivity contribution in [2.24, 2.45) is 0 Å². The van der Waals surface area contributed by atoms with Crippen LogP contribution in [-0.4, -0.2) is 35.2 Å². The van der Waals surface area contributed by atoms with Crippen molar-refractivity contribution in [1.82, 2.24) is 24.1 Å². The van der Waals surface area contributed by atoms with Gasteiger partial charge in [0.05, 0.1) is 5.25 Å². The number of rotatable bonds is 5. The van der Waals surface area contributed by atoms with E-state index in [4.69, 9.17) is 0 Å². The van der Waals surface area contributed by atoms with E-state index in [2.05, 4.69) is 19.7 Å². The first-order valence-corrected chi connectivity index (χ1v) is 10.4. The van der Waals surface area contributed by atoms with Crippen LogP contribution < -0.4 is 0 Å². The normalized spacial score (nSPS) is 12.4. The van der Waals surface area contributed by atoms with E-state index in [-0.39, 0.29) is 11.0 Å². The minimum Gasteiger partial charge on any atom is -0.318 e. The Balaban J connectivity index is 1.64. The molecular formula is C22H23N5OS. The Hall–Kier alpha value is -2.93. The lowest BCUT2D eigenvalue weighted by Gasteiger charge is -2.12. The second kappa shape index (κ2) is 7.48.